The van der Waals surface area contributed by atoms with Crippen molar-refractivity contribution in [1.29, 1.82) is 0 Å². The maximum absolute atomic E-state index is 13.7. The minimum Gasteiger partial charge on any atom is -0.369 e. The predicted molar refractivity (Wildman–Crippen MR) is 128 cm³/mol. The lowest BCUT2D eigenvalue weighted by Gasteiger charge is -2.34. The zero-order chi connectivity index (χ0) is 22.1. The zero-order valence-corrected chi connectivity index (χ0v) is 17.9. The summed E-state index contributed by atoms with van der Waals surface area (Å²) < 4.78 is 13.7. The Morgan fingerprint density at radius 1 is 0.938 bits per heavy atom. The molecule has 2 aliphatic rings. The van der Waals surface area contributed by atoms with E-state index < -0.39 is 0 Å². The molecule has 162 valence electrons. The van der Waals surface area contributed by atoms with Gasteiger partial charge in [-0.05, 0) is 55.1 Å². The molecular formula is C26H25FN4O. The average Bonchev–Trinajstić information content (AvgIpc) is 3.13. The number of nitrogens with zero attached hydrogens (tertiary/aromatic N) is 2. The molecule has 0 saturated carbocycles. The van der Waals surface area contributed by atoms with Gasteiger partial charge in [-0.15, -0.1) is 0 Å². The molecule has 0 unspecified atom stereocenters. The lowest BCUT2D eigenvalue weighted by molar-refractivity contribution is -0.110. The van der Waals surface area contributed by atoms with Crippen molar-refractivity contribution in [2.45, 2.75) is 0 Å². The molecule has 2 aliphatic heterocycles. The Balaban J connectivity index is 1.50. The van der Waals surface area contributed by atoms with Gasteiger partial charge in [-0.1, -0.05) is 30.3 Å². The van der Waals surface area contributed by atoms with Crippen LogP contribution in [0.4, 0.5) is 21.5 Å². The first kappa shape index (κ1) is 20.3. The van der Waals surface area contributed by atoms with Gasteiger partial charge in [-0.3, -0.25) is 4.79 Å². The predicted octanol–water partition coefficient (Wildman–Crippen LogP) is 4.51. The molecule has 5 nitrogen and oxygen atoms in total. The number of likely N-dealkylation sites (N-methyl/N-ethyl adjacent to an activating group) is 1. The summed E-state index contributed by atoms with van der Waals surface area (Å²) >= 11 is 0. The molecule has 0 bridgehead atoms. The van der Waals surface area contributed by atoms with E-state index >= 15 is 0 Å². The number of hydrogen-bond acceptors (Lipinski definition) is 4. The quantitative estimate of drug-likeness (QED) is 0.601. The molecule has 32 heavy (non-hydrogen) atoms. The van der Waals surface area contributed by atoms with Crippen LogP contribution in [-0.2, 0) is 4.79 Å². The van der Waals surface area contributed by atoms with Gasteiger partial charge in [0.15, 0.2) is 0 Å². The molecular weight excluding hydrogens is 403 g/mol. The highest BCUT2D eigenvalue weighted by atomic mass is 19.1. The van der Waals surface area contributed by atoms with Crippen molar-refractivity contribution in [1.82, 2.24) is 4.90 Å². The van der Waals surface area contributed by atoms with Crippen LogP contribution in [0.2, 0.25) is 0 Å². The number of halogens is 1. The number of anilines is 3. The highest BCUT2D eigenvalue weighted by Crippen LogP contribution is 2.38. The van der Waals surface area contributed by atoms with Crippen LogP contribution in [0, 0.1) is 5.82 Å². The summed E-state index contributed by atoms with van der Waals surface area (Å²) in [5, 5.41) is 6.25. The lowest BCUT2D eigenvalue weighted by atomic mass is 10.00. The average molecular weight is 429 g/mol. The molecule has 0 aromatic heterocycles. The zero-order valence-electron chi connectivity index (χ0n) is 17.9. The minimum atomic E-state index is -0.376. The Morgan fingerprint density at radius 2 is 1.66 bits per heavy atom. The number of piperazine rings is 1. The smallest absolute Gasteiger partial charge is 0.258 e. The third kappa shape index (κ3) is 3.97. The number of fused-ring (bicyclic) bond motifs is 1. The maximum atomic E-state index is 13.7. The van der Waals surface area contributed by atoms with E-state index in [1.165, 1.54) is 17.8 Å². The molecule has 0 aliphatic carbocycles. The first-order valence-corrected chi connectivity index (χ1v) is 10.8. The van der Waals surface area contributed by atoms with Crippen LogP contribution < -0.4 is 15.5 Å². The molecule has 3 aromatic rings. The second-order valence-corrected chi connectivity index (χ2v) is 8.22. The summed E-state index contributed by atoms with van der Waals surface area (Å²) in [6, 6.07) is 22.4. The van der Waals surface area contributed by atoms with Crippen molar-refractivity contribution >= 4 is 34.2 Å². The topological polar surface area (TPSA) is 47.6 Å². The van der Waals surface area contributed by atoms with Gasteiger partial charge in [0.1, 0.15) is 5.82 Å². The molecule has 1 amide bonds. The maximum Gasteiger partial charge on any atom is 0.258 e. The van der Waals surface area contributed by atoms with E-state index in [0.717, 1.165) is 37.4 Å². The molecule has 2 N–H and O–H groups in total. The van der Waals surface area contributed by atoms with E-state index in [9.17, 15) is 9.18 Å². The molecule has 0 atom stereocenters. The molecule has 5 rings (SSSR count). The number of carbonyl (C=O) groups excluding carboxylic acids is 1. The molecule has 0 spiro atoms. The molecule has 1 saturated heterocycles. The summed E-state index contributed by atoms with van der Waals surface area (Å²) in [5.74, 6) is -0.620. The van der Waals surface area contributed by atoms with Gasteiger partial charge >= 0.3 is 0 Å². The molecule has 1 fully saturated rings. The van der Waals surface area contributed by atoms with Crippen LogP contribution >= 0.6 is 0 Å². The number of amides is 1. The lowest BCUT2D eigenvalue weighted by Crippen LogP contribution is -2.44. The minimum absolute atomic E-state index is 0.244. The third-order valence-corrected chi connectivity index (χ3v) is 6.04. The van der Waals surface area contributed by atoms with Gasteiger partial charge in [-0.25, -0.2) is 4.39 Å². The standard InChI is InChI=1S/C26H25FN4O/c1-30-13-15-31(16-14-30)21-10-8-20(9-11-21)28-25(18-5-3-2-4-6-18)24-22-12-7-19(27)17-23(22)29-26(24)32/h2-12,17,28H,13-16H2,1H3,(H,29,32)/b25-24-. The van der Waals surface area contributed by atoms with E-state index in [0.29, 0.717) is 22.5 Å². The first-order chi connectivity index (χ1) is 15.6. The summed E-state index contributed by atoms with van der Waals surface area (Å²) in [6.45, 7) is 4.13. The van der Waals surface area contributed by atoms with Crippen molar-refractivity contribution in [3.63, 3.8) is 0 Å². The van der Waals surface area contributed by atoms with Crippen molar-refractivity contribution in [3.8, 4) is 0 Å². The summed E-state index contributed by atoms with van der Waals surface area (Å²) in [5.41, 5.74) is 5.35. The molecule has 3 aromatic carbocycles. The van der Waals surface area contributed by atoms with Crippen LogP contribution in [0.25, 0.3) is 11.3 Å². The van der Waals surface area contributed by atoms with E-state index in [4.69, 9.17) is 0 Å². The van der Waals surface area contributed by atoms with Gasteiger partial charge in [-0.2, -0.15) is 0 Å². The van der Waals surface area contributed by atoms with Crippen molar-refractivity contribution in [2.75, 3.05) is 48.8 Å². The third-order valence-electron chi connectivity index (χ3n) is 6.04. The summed E-state index contributed by atoms with van der Waals surface area (Å²) in [4.78, 5) is 17.6. The van der Waals surface area contributed by atoms with Gasteiger partial charge in [0.05, 0.1) is 17.0 Å². The fourth-order valence-corrected chi connectivity index (χ4v) is 4.24. The summed E-state index contributed by atoms with van der Waals surface area (Å²) in [6.07, 6.45) is 0. The first-order valence-electron chi connectivity index (χ1n) is 10.8. The van der Waals surface area contributed by atoms with Crippen LogP contribution in [0.15, 0.2) is 72.8 Å². The largest absolute Gasteiger partial charge is 0.369 e. The Labute approximate surface area is 187 Å². The SMILES string of the molecule is CN1CCN(c2ccc(N/C(=C3\C(=O)Nc4cc(F)ccc43)c3ccccc3)cc2)CC1. The number of rotatable bonds is 4. The Hall–Kier alpha value is -3.64. The van der Waals surface area contributed by atoms with Gasteiger partial charge in [0.25, 0.3) is 5.91 Å². The van der Waals surface area contributed by atoms with Crippen molar-refractivity contribution in [2.24, 2.45) is 0 Å². The van der Waals surface area contributed by atoms with Gasteiger partial charge in [0.2, 0.25) is 0 Å². The second-order valence-electron chi connectivity index (χ2n) is 8.22. The number of benzene rings is 3. The van der Waals surface area contributed by atoms with Crippen LogP contribution in [0.3, 0.4) is 0 Å². The number of nitrogens with one attached hydrogen (secondary N) is 2. The van der Waals surface area contributed by atoms with Crippen LogP contribution in [0.1, 0.15) is 11.1 Å². The Kier molecular flexibility index (Phi) is 5.37. The van der Waals surface area contributed by atoms with E-state index in [1.54, 1.807) is 6.07 Å². The van der Waals surface area contributed by atoms with Gasteiger partial charge < -0.3 is 20.4 Å². The highest BCUT2D eigenvalue weighted by molar-refractivity contribution is 6.37. The van der Waals surface area contributed by atoms with E-state index in [1.807, 2.05) is 42.5 Å². The van der Waals surface area contributed by atoms with Crippen LogP contribution in [0.5, 0.6) is 0 Å². The normalized spacial score (nSPS) is 17.7. The van der Waals surface area contributed by atoms with Crippen molar-refractivity contribution < 1.29 is 9.18 Å². The Bertz CT molecular complexity index is 1170. The monoisotopic (exact) mass is 428 g/mol. The van der Waals surface area contributed by atoms with Crippen molar-refractivity contribution in [3.05, 3.63) is 89.7 Å². The fourth-order valence-electron chi connectivity index (χ4n) is 4.24. The van der Waals surface area contributed by atoms with Gasteiger partial charge in [0, 0.05) is 43.1 Å². The Morgan fingerprint density at radius 3 is 2.38 bits per heavy atom. The number of carbonyl (C=O) groups is 1. The molecule has 6 heteroatoms. The fraction of sp³-hybridized carbons (Fsp3) is 0.192. The van der Waals surface area contributed by atoms with E-state index in [-0.39, 0.29) is 11.7 Å². The highest BCUT2D eigenvalue weighted by Gasteiger charge is 2.28. The molecule has 2 heterocycles. The van der Waals surface area contributed by atoms with Crippen LogP contribution in [-0.4, -0.2) is 44.0 Å². The molecule has 0 radical (unpaired) electrons. The number of hydrogen-bond donors (Lipinski definition) is 2. The summed E-state index contributed by atoms with van der Waals surface area (Å²) in [7, 11) is 2.15. The van der Waals surface area contributed by atoms with E-state index in [2.05, 4.69) is 39.6 Å². The second kappa shape index (κ2) is 8.48.